The van der Waals surface area contributed by atoms with Crippen molar-refractivity contribution in [1.82, 2.24) is 4.90 Å². The number of rotatable bonds is 5. The summed E-state index contributed by atoms with van der Waals surface area (Å²) in [4.78, 5) is 2.36. The van der Waals surface area contributed by atoms with Crippen molar-refractivity contribution in [3.8, 4) is 5.75 Å². The fourth-order valence-electron chi connectivity index (χ4n) is 2.78. The van der Waals surface area contributed by atoms with Crippen LogP contribution in [0, 0.1) is 5.82 Å². The largest absolute Gasteiger partial charge is 0.493 e. The maximum Gasteiger partial charge on any atom is 0.131 e. The van der Waals surface area contributed by atoms with E-state index in [0.29, 0.717) is 29.7 Å². The second kappa shape index (κ2) is 7.41. The van der Waals surface area contributed by atoms with Crippen molar-refractivity contribution in [1.29, 1.82) is 0 Å². The maximum absolute atomic E-state index is 13.4. The summed E-state index contributed by atoms with van der Waals surface area (Å²) in [6, 6.07) is 4.79. The summed E-state index contributed by atoms with van der Waals surface area (Å²) < 4.78 is 19.1. The number of likely N-dealkylation sites (tertiary alicyclic amines) is 1. The van der Waals surface area contributed by atoms with Crippen molar-refractivity contribution in [3.63, 3.8) is 0 Å². The van der Waals surface area contributed by atoms with Crippen LogP contribution in [0.15, 0.2) is 23.4 Å². The van der Waals surface area contributed by atoms with Gasteiger partial charge < -0.3 is 14.8 Å². The Balaban J connectivity index is 1.97. The lowest BCUT2D eigenvalue weighted by atomic mass is 10.0. The van der Waals surface area contributed by atoms with Crippen molar-refractivity contribution >= 4 is 5.71 Å². The van der Waals surface area contributed by atoms with Crippen molar-refractivity contribution < 1.29 is 14.3 Å². The zero-order valence-corrected chi connectivity index (χ0v) is 12.7. The number of halogens is 1. The van der Waals surface area contributed by atoms with Crippen LogP contribution in [0.3, 0.4) is 0 Å². The highest BCUT2D eigenvalue weighted by Crippen LogP contribution is 2.23. The SMILES string of the molecule is C/C(=N\O)c1ccc(F)cc1OCCC1CCCCN1C. The topological polar surface area (TPSA) is 45.1 Å². The van der Waals surface area contributed by atoms with Gasteiger partial charge in [0.1, 0.15) is 11.6 Å². The molecule has 21 heavy (non-hydrogen) atoms. The molecule has 0 bridgehead atoms. The van der Waals surface area contributed by atoms with Crippen LogP contribution in [0.25, 0.3) is 0 Å². The molecule has 5 heteroatoms. The average Bonchev–Trinajstić information content (AvgIpc) is 2.48. The molecule has 116 valence electrons. The molecule has 0 aliphatic carbocycles. The minimum absolute atomic E-state index is 0.353. The Hall–Kier alpha value is -1.62. The van der Waals surface area contributed by atoms with Crippen LogP contribution in [0.1, 0.15) is 38.2 Å². The van der Waals surface area contributed by atoms with Gasteiger partial charge in [-0.25, -0.2) is 4.39 Å². The summed E-state index contributed by atoms with van der Waals surface area (Å²) in [6.07, 6.45) is 4.62. The number of oxime groups is 1. The summed E-state index contributed by atoms with van der Waals surface area (Å²) in [5, 5.41) is 12.0. The third-order valence-corrected chi connectivity index (χ3v) is 4.11. The molecule has 1 aromatic rings. The molecule has 1 aromatic carbocycles. The molecule has 1 heterocycles. The molecule has 0 radical (unpaired) electrons. The van der Waals surface area contributed by atoms with Crippen LogP contribution < -0.4 is 4.74 Å². The number of piperidine rings is 1. The van der Waals surface area contributed by atoms with E-state index in [1.54, 1.807) is 13.0 Å². The number of hydrogen-bond acceptors (Lipinski definition) is 4. The van der Waals surface area contributed by atoms with Crippen molar-refractivity contribution in [3.05, 3.63) is 29.6 Å². The van der Waals surface area contributed by atoms with Gasteiger partial charge in [-0.2, -0.15) is 0 Å². The second-order valence-electron chi connectivity index (χ2n) is 5.59. The molecule has 2 rings (SSSR count). The van der Waals surface area contributed by atoms with Crippen LogP contribution in [0.5, 0.6) is 5.75 Å². The molecule has 1 aliphatic heterocycles. The summed E-state index contributed by atoms with van der Waals surface area (Å²) in [6.45, 7) is 3.32. The Morgan fingerprint density at radius 2 is 2.29 bits per heavy atom. The molecule has 1 N–H and O–H groups in total. The minimum Gasteiger partial charge on any atom is -0.493 e. The fraction of sp³-hybridized carbons (Fsp3) is 0.562. The van der Waals surface area contributed by atoms with Crippen LogP contribution in [-0.4, -0.2) is 42.1 Å². The summed E-state index contributed by atoms with van der Waals surface area (Å²) in [5.74, 6) is 0.0815. The molecular weight excluding hydrogens is 271 g/mol. The van der Waals surface area contributed by atoms with E-state index < -0.39 is 0 Å². The lowest BCUT2D eigenvalue weighted by Crippen LogP contribution is -2.37. The van der Waals surface area contributed by atoms with Gasteiger partial charge in [0.25, 0.3) is 0 Å². The fourth-order valence-corrected chi connectivity index (χ4v) is 2.78. The van der Waals surface area contributed by atoms with Crippen molar-refractivity contribution in [2.75, 3.05) is 20.2 Å². The van der Waals surface area contributed by atoms with E-state index in [-0.39, 0.29) is 5.82 Å². The first-order chi connectivity index (χ1) is 10.1. The van der Waals surface area contributed by atoms with Gasteiger partial charge in [0, 0.05) is 17.7 Å². The summed E-state index contributed by atoms with van der Waals surface area (Å²) in [5.41, 5.74) is 1.04. The molecule has 1 fully saturated rings. The first-order valence-corrected chi connectivity index (χ1v) is 7.43. The van der Waals surface area contributed by atoms with Crippen molar-refractivity contribution in [2.24, 2.45) is 5.16 Å². The van der Waals surface area contributed by atoms with Gasteiger partial charge >= 0.3 is 0 Å². The average molecular weight is 294 g/mol. The predicted molar refractivity (Wildman–Crippen MR) is 80.8 cm³/mol. The molecule has 1 atom stereocenters. The van der Waals surface area contributed by atoms with Crippen LogP contribution in [0.4, 0.5) is 4.39 Å². The number of benzene rings is 1. The minimum atomic E-state index is -0.353. The first-order valence-electron chi connectivity index (χ1n) is 7.43. The quantitative estimate of drug-likeness (QED) is 0.515. The molecule has 0 spiro atoms. The zero-order valence-electron chi connectivity index (χ0n) is 12.7. The van der Waals surface area contributed by atoms with Crippen LogP contribution in [0.2, 0.25) is 0 Å². The first kappa shape index (κ1) is 15.8. The third kappa shape index (κ3) is 4.17. The van der Waals surface area contributed by atoms with Crippen LogP contribution in [-0.2, 0) is 0 Å². The van der Waals surface area contributed by atoms with Gasteiger partial charge in [-0.15, -0.1) is 0 Å². The predicted octanol–water partition coefficient (Wildman–Crippen LogP) is 3.28. The number of ether oxygens (including phenoxy) is 1. The number of hydrogen-bond donors (Lipinski definition) is 1. The summed E-state index contributed by atoms with van der Waals surface area (Å²) >= 11 is 0. The normalized spacial score (nSPS) is 20.5. The third-order valence-electron chi connectivity index (χ3n) is 4.11. The van der Waals surface area contributed by atoms with Gasteiger partial charge in [-0.05, 0) is 51.9 Å². The molecule has 4 nitrogen and oxygen atoms in total. The molecular formula is C16H23FN2O2. The zero-order chi connectivity index (χ0) is 15.2. The molecule has 0 saturated carbocycles. The second-order valence-corrected chi connectivity index (χ2v) is 5.59. The smallest absolute Gasteiger partial charge is 0.131 e. The van der Waals surface area contributed by atoms with Crippen molar-refractivity contribution in [2.45, 2.75) is 38.6 Å². The molecule has 1 saturated heterocycles. The van der Waals surface area contributed by atoms with E-state index in [1.807, 2.05) is 0 Å². The van der Waals surface area contributed by atoms with Gasteiger partial charge in [0.15, 0.2) is 0 Å². The number of nitrogens with zero attached hydrogens (tertiary/aromatic N) is 2. The van der Waals surface area contributed by atoms with E-state index in [4.69, 9.17) is 9.94 Å². The highest BCUT2D eigenvalue weighted by atomic mass is 19.1. The maximum atomic E-state index is 13.4. The van der Waals surface area contributed by atoms with Gasteiger partial charge in [-0.1, -0.05) is 11.6 Å². The molecule has 1 aliphatic rings. The van der Waals surface area contributed by atoms with Gasteiger partial charge in [0.05, 0.1) is 12.3 Å². The Morgan fingerprint density at radius 1 is 1.48 bits per heavy atom. The highest BCUT2D eigenvalue weighted by molar-refractivity contribution is 6.00. The Morgan fingerprint density at radius 3 is 3.00 bits per heavy atom. The van der Waals surface area contributed by atoms with Crippen LogP contribution >= 0.6 is 0 Å². The molecule has 0 amide bonds. The molecule has 0 aromatic heterocycles. The lowest BCUT2D eigenvalue weighted by molar-refractivity contribution is 0.153. The Labute approximate surface area is 125 Å². The monoisotopic (exact) mass is 294 g/mol. The standard InChI is InChI=1S/C16H23FN2O2/c1-12(18-20)15-7-6-13(17)11-16(15)21-10-8-14-5-3-4-9-19(14)2/h6-7,11,14,20H,3-5,8-10H2,1-2H3/b18-12+. The highest BCUT2D eigenvalue weighted by Gasteiger charge is 2.19. The molecule has 1 unspecified atom stereocenters. The van der Waals surface area contributed by atoms with E-state index in [9.17, 15) is 4.39 Å². The van der Waals surface area contributed by atoms with E-state index in [2.05, 4.69) is 17.1 Å². The van der Waals surface area contributed by atoms with E-state index in [0.717, 1.165) is 13.0 Å². The Kier molecular flexibility index (Phi) is 5.56. The lowest BCUT2D eigenvalue weighted by Gasteiger charge is -2.32. The Bertz CT molecular complexity index is 505. The summed E-state index contributed by atoms with van der Waals surface area (Å²) in [7, 11) is 2.14. The van der Waals surface area contributed by atoms with E-state index in [1.165, 1.54) is 31.4 Å². The van der Waals surface area contributed by atoms with Gasteiger partial charge in [-0.3, -0.25) is 0 Å². The van der Waals surface area contributed by atoms with E-state index >= 15 is 0 Å². The van der Waals surface area contributed by atoms with Gasteiger partial charge in [0.2, 0.25) is 0 Å².